The lowest BCUT2D eigenvalue weighted by Crippen LogP contribution is -2.25. The van der Waals surface area contributed by atoms with Crippen molar-refractivity contribution in [2.75, 3.05) is 7.05 Å². The first kappa shape index (κ1) is 10.9. The highest BCUT2D eigenvalue weighted by Crippen LogP contribution is 2.42. The number of rotatable bonds is 1. The van der Waals surface area contributed by atoms with Gasteiger partial charge in [0.2, 0.25) is 0 Å². The fraction of sp³-hybridized carbons (Fsp3) is 0.455. The minimum absolute atomic E-state index is 0.0769. The van der Waals surface area contributed by atoms with Gasteiger partial charge in [0.1, 0.15) is 11.6 Å². The molecule has 82 valence electrons. The van der Waals surface area contributed by atoms with Gasteiger partial charge in [0.05, 0.1) is 4.90 Å². The van der Waals surface area contributed by atoms with Gasteiger partial charge in [-0.05, 0) is 25.6 Å². The number of hydrogen-bond acceptors (Lipinski definition) is 2. The molecule has 1 heterocycles. The highest BCUT2D eigenvalue weighted by molar-refractivity contribution is 8.00. The predicted octanol–water partition coefficient (Wildman–Crippen LogP) is 3.11. The molecule has 0 aromatic heterocycles. The normalized spacial score (nSPS) is 25.1. The maximum atomic E-state index is 13.6. The summed E-state index contributed by atoms with van der Waals surface area (Å²) < 4.78 is 27.1. The minimum atomic E-state index is -0.316. The van der Waals surface area contributed by atoms with E-state index in [9.17, 15) is 8.78 Å². The molecule has 0 saturated heterocycles. The third kappa shape index (κ3) is 1.88. The predicted molar refractivity (Wildman–Crippen MR) is 58.1 cm³/mol. The van der Waals surface area contributed by atoms with Crippen LogP contribution >= 0.6 is 11.8 Å². The van der Waals surface area contributed by atoms with Gasteiger partial charge in [0, 0.05) is 16.9 Å². The summed E-state index contributed by atoms with van der Waals surface area (Å²) in [5, 5.41) is 3.35. The SMILES string of the molecule is CNC1CC(C)Sc2c(F)ccc(F)c21. The summed E-state index contributed by atoms with van der Waals surface area (Å²) in [6.45, 7) is 2.03. The molecule has 1 aromatic rings. The van der Waals surface area contributed by atoms with Crippen LogP contribution in [-0.2, 0) is 0 Å². The molecule has 1 nitrogen and oxygen atoms in total. The van der Waals surface area contributed by atoms with Gasteiger partial charge in [-0.2, -0.15) is 0 Å². The second-order valence-corrected chi connectivity index (χ2v) is 5.23. The van der Waals surface area contributed by atoms with Gasteiger partial charge in [-0.25, -0.2) is 8.78 Å². The Kier molecular flexibility index (Phi) is 2.98. The van der Waals surface area contributed by atoms with Crippen LogP contribution in [0.5, 0.6) is 0 Å². The Hall–Kier alpha value is -0.610. The molecule has 0 radical (unpaired) electrons. The molecule has 0 spiro atoms. The molecule has 2 atom stereocenters. The van der Waals surface area contributed by atoms with E-state index in [4.69, 9.17) is 0 Å². The minimum Gasteiger partial charge on any atom is -0.313 e. The van der Waals surface area contributed by atoms with Crippen LogP contribution < -0.4 is 5.32 Å². The van der Waals surface area contributed by atoms with E-state index in [1.54, 1.807) is 7.05 Å². The summed E-state index contributed by atoms with van der Waals surface area (Å²) in [4.78, 5) is 0.466. The summed E-state index contributed by atoms with van der Waals surface area (Å²) in [5.74, 6) is -0.631. The number of benzene rings is 1. The lowest BCUT2D eigenvalue weighted by molar-refractivity contribution is 0.473. The van der Waals surface area contributed by atoms with Crippen molar-refractivity contribution >= 4 is 11.8 Å². The first-order valence-electron chi connectivity index (χ1n) is 4.95. The summed E-state index contributed by atoms with van der Waals surface area (Å²) in [5.41, 5.74) is 0.487. The van der Waals surface area contributed by atoms with Gasteiger partial charge in [-0.3, -0.25) is 0 Å². The first-order chi connectivity index (χ1) is 7.13. The average molecular weight is 229 g/mol. The lowest BCUT2D eigenvalue weighted by Gasteiger charge is -2.29. The van der Waals surface area contributed by atoms with Crippen LogP contribution in [0.1, 0.15) is 24.9 Å². The Morgan fingerprint density at radius 2 is 2.00 bits per heavy atom. The van der Waals surface area contributed by atoms with Crippen molar-refractivity contribution in [1.82, 2.24) is 5.32 Å². The smallest absolute Gasteiger partial charge is 0.137 e. The third-order valence-corrected chi connectivity index (χ3v) is 3.92. The number of thioether (sulfide) groups is 1. The Balaban J connectivity index is 2.54. The van der Waals surface area contributed by atoms with E-state index in [1.807, 2.05) is 6.92 Å². The van der Waals surface area contributed by atoms with Crippen molar-refractivity contribution in [2.45, 2.75) is 29.5 Å². The Bertz CT molecular complexity index is 381. The van der Waals surface area contributed by atoms with E-state index < -0.39 is 0 Å². The Morgan fingerprint density at radius 3 is 2.67 bits per heavy atom. The summed E-state index contributed by atoms with van der Waals surface area (Å²) in [7, 11) is 1.78. The van der Waals surface area contributed by atoms with E-state index in [1.165, 1.54) is 23.9 Å². The maximum Gasteiger partial charge on any atom is 0.137 e. The van der Waals surface area contributed by atoms with E-state index in [-0.39, 0.29) is 17.7 Å². The van der Waals surface area contributed by atoms with Crippen LogP contribution in [0.3, 0.4) is 0 Å². The van der Waals surface area contributed by atoms with Crippen LogP contribution in [0.2, 0.25) is 0 Å². The van der Waals surface area contributed by atoms with Crippen LogP contribution in [0, 0.1) is 11.6 Å². The zero-order valence-electron chi connectivity index (χ0n) is 8.68. The van der Waals surface area contributed by atoms with Gasteiger partial charge in [-0.15, -0.1) is 11.8 Å². The molecule has 0 saturated carbocycles. The van der Waals surface area contributed by atoms with E-state index in [0.717, 1.165) is 6.42 Å². The first-order valence-corrected chi connectivity index (χ1v) is 5.83. The van der Waals surface area contributed by atoms with E-state index in [2.05, 4.69) is 5.32 Å². The Labute approximate surface area is 92.3 Å². The molecular weight excluding hydrogens is 216 g/mol. The van der Waals surface area contributed by atoms with Crippen molar-refractivity contribution in [3.05, 3.63) is 29.3 Å². The molecule has 0 amide bonds. The van der Waals surface area contributed by atoms with Crippen LogP contribution in [0.25, 0.3) is 0 Å². The maximum absolute atomic E-state index is 13.6. The molecule has 0 fully saturated rings. The molecule has 15 heavy (non-hydrogen) atoms. The second kappa shape index (κ2) is 4.10. The summed E-state index contributed by atoms with van der Waals surface area (Å²) >= 11 is 1.42. The molecule has 4 heteroatoms. The molecule has 2 rings (SSSR count). The van der Waals surface area contributed by atoms with Gasteiger partial charge in [0.15, 0.2) is 0 Å². The molecule has 1 N–H and O–H groups in total. The van der Waals surface area contributed by atoms with Gasteiger partial charge in [0.25, 0.3) is 0 Å². The molecule has 1 aliphatic rings. The van der Waals surface area contributed by atoms with Crippen molar-refractivity contribution in [3.8, 4) is 0 Å². The fourth-order valence-electron chi connectivity index (χ4n) is 1.95. The number of nitrogens with one attached hydrogen (secondary N) is 1. The van der Waals surface area contributed by atoms with Crippen LogP contribution in [0.4, 0.5) is 8.78 Å². The van der Waals surface area contributed by atoms with E-state index in [0.29, 0.717) is 15.7 Å². The van der Waals surface area contributed by atoms with Crippen LogP contribution in [0.15, 0.2) is 17.0 Å². The number of hydrogen-bond donors (Lipinski definition) is 1. The highest BCUT2D eigenvalue weighted by Gasteiger charge is 2.29. The van der Waals surface area contributed by atoms with Gasteiger partial charge >= 0.3 is 0 Å². The fourth-order valence-corrected chi connectivity index (χ4v) is 3.19. The highest BCUT2D eigenvalue weighted by atomic mass is 32.2. The van der Waals surface area contributed by atoms with E-state index >= 15 is 0 Å². The van der Waals surface area contributed by atoms with Crippen molar-refractivity contribution in [2.24, 2.45) is 0 Å². The second-order valence-electron chi connectivity index (χ2n) is 3.78. The largest absolute Gasteiger partial charge is 0.313 e. The standard InChI is InChI=1S/C11H13F2NS/c1-6-5-9(14-2)10-7(12)3-4-8(13)11(10)15-6/h3-4,6,9,14H,5H2,1-2H3. The molecule has 1 aromatic carbocycles. The van der Waals surface area contributed by atoms with Crippen molar-refractivity contribution < 1.29 is 8.78 Å². The lowest BCUT2D eigenvalue weighted by atomic mass is 10.0. The number of fused-ring (bicyclic) bond motifs is 1. The third-order valence-electron chi connectivity index (χ3n) is 2.68. The van der Waals surface area contributed by atoms with Crippen molar-refractivity contribution in [1.29, 1.82) is 0 Å². The topological polar surface area (TPSA) is 12.0 Å². The van der Waals surface area contributed by atoms with Crippen LogP contribution in [-0.4, -0.2) is 12.3 Å². The monoisotopic (exact) mass is 229 g/mol. The molecule has 2 unspecified atom stereocenters. The quantitative estimate of drug-likeness (QED) is 0.794. The molecule has 1 aliphatic heterocycles. The van der Waals surface area contributed by atoms with Crippen molar-refractivity contribution in [3.63, 3.8) is 0 Å². The molecular formula is C11H13F2NS. The van der Waals surface area contributed by atoms with Gasteiger partial charge in [-0.1, -0.05) is 6.92 Å². The Morgan fingerprint density at radius 1 is 1.33 bits per heavy atom. The van der Waals surface area contributed by atoms with Gasteiger partial charge < -0.3 is 5.32 Å². The molecule has 0 bridgehead atoms. The summed E-state index contributed by atoms with van der Waals surface area (Å²) in [6, 6.07) is 2.33. The average Bonchev–Trinajstić information content (AvgIpc) is 2.22. The molecule has 0 aliphatic carbocycles. The zero-order chi connectivity index (χ0) is 11.0. The summed E-state index contributed by atoms with van der Waals surface area (Å²) in [6.07, 6.45) is 0.828. The zero-order valence-corrected chi connectivity index (χ0v) is 9.50. The number of halogens is 2.